The van der Waals surface area contributed by atoms with Gasteiger partial charge in [0.2, 0.25) is 0 Å². The Hall–Kier alpha value is 0.766. The van der Waals surface area contributed by atoms with Crippen LogP contribution in [0.2, 0.25) is 0 Å². The van der Waals surface area contributed by atoms with E-state index in [2.05, 4.69) is 27.7 Å². The zero-order chi connectivity index (χ0) is 6.83. The van der Waals surface area contributed by atoms with Crippen molar-refractivity contribution in [1.82, 2.24) is 0 Å². The third kappa shape index (κ3) is 69.1. The number of rotatable bonds is 2. The Labute approximate surface area is 83.9 Å². The van der Waals surface area contributed by atoms with Gasteiger partial charge in [-0.05, 0) is 0 Å². The first-order chi connectivity index (χ1) is 3.83. The van der Waals surface area contributed by atoms with E-state index in [0.29, 0.717) is 0 Å². The molecule has 60 valence electrons. The molecule has 0 unspecified atom stereocenters. The van der Waals surface area contributed by atoms with Crippen molar-refractivity contribution in [2.24, 2.45) is 0 Å². The summed E-state index contributed by atoms with van der Waals surface area (Å²) in [5.74, 6) is 0. The maximum Gasteiger partial charge on any atom is 2.00 e. The van der Waals surface area contributed by atoms with Gasteiger partial charge in [-0.2, -0.15) is 12.8 Å². The van der Waals surface area contributed by atoms with Gasteiger partial charge in [-0.15, -0.1) is 0 Å². The van der Waals surface area contributed by atoms with Crippen molar-refractivity contribution in [3.63, 3.8) is 0 Å². The van der Waals surface area contributed by atoms with Crippen LogP contribution in [0.1, 0.15) is 47.0 Å². The molecular formula is C9H22Mg. The molecule has 10 heavy (non-hydrogen) atoms. The van der Waals surface area contributed by atoms with Gasteiger partial charge >= 0.3 is 23.1 Å². The maximum atomic E-state index is 3.60. The molecule has 0 aliphatic heterocycles. The van der Waals surface area contributed by atoms with Crippen molar-refractivity contribution in [3.8, 4) is 0 Å². The molecule has 0 bridgehead atoms. The molecule has 0 aliphatic rings. The summed E-state index contributed by atoms with van der Waals surface area (Å²) in [7, 11) is 0. The molecule has 0 spiro atoms. The van der Waals surface area contributed by atoms with Gasteiger partial charge in [0.1, 0.15) is 0 Å². The molecule has 0 saturated carbocycles. The first-order valence-electron chi connectivity index (χ1n) is 3.41. The monoisotopic (exact) mass is 154 g/mol. The topological polar surface area (TPSA) is 0 Å². The Morgan fingerprint density at radius 3 is 1.00 bits per heavy atom. The van der Waals surface area contributed by atoms with E-state index in [1.54, 1.807) is 0 Å². The van der Waals surface area contributed by atoms with Gasteiger partial charge in [0.15, 0.2) is 0 Å². The van der Waals surface area contributed by atoms with Crippen LogP contribution in [0.25, 0.3) is 0 Å². The van der Waals surface area contributed by atoms with Crippen molar-refractivity contribution < 1.29 is 0 Å². The summed E-state index contributed by atoms with van der Waals surface area (Å²) in [6.45, 7) is 11.4. The fourth-order valence-electron chi connectivity index (χ4n) is 0. The number of hydrogen-bond acceptors (Lipinski definition) is 0. The molecule has 0 rings (SSSR count). The van der Waals surface area contributed by atoms with Crippen molar-refractivity contribution in [2.75, 3.05) is 0 Å². The molecule has 0 nitrogen and oxygen atoms in total. The zero-order valence-corrected chi connectivity index (χ0v) is 8.36. The fourth-order valence-corrected chi connectivity index (χ4v) is 0. The van der Waals surface area contributed by atoms with Crippen molar-refractivity contribution in [3.05, 3.63) is 13.8 Å². The standard InChI is InChI=1S/2C4H9.CH4.Mg/c2*1-3-4-2;;/h2*1,3-4H2,2H3;1H4;/q2*-1;;+2. The van der Waals surface area contributed by atoms with Gasteiger partial charge in [-0.25, -0.2) is 0 Å². The van der Waals surface area contributed by atoms with Gasteiger partial charge in [0, 0.05) is 0 Å². The summed E-state index contributed by atoms with van der Waals surface area (Å²) < 4.78 is 0. The SMILES string of the molecule is C.[CH2-]CCC.[CH2-]CCC.[Mg+2]. The Balaban J connectivity index is -0.0000000300. The number of hydrogen-bond donors (Lipinski definition) is 0. The summed E-state index contributed by atoms with van der Waals surface area (Å²) in [4.78, 5) is 0. The zero-order valence-electron chi connectivity index (χ0n) is 6.95. The van der Waals surface area contributed by atoms with E-state index >= 15 is 0 Å². The van der Waals surface area contributed by atoms with E-state index in [-0.39, 0.29) is 30.5 Å². The van der Waals surface area contributed by atoms with Crippen LogP contribution in [-0.4, -0.2) is 23.1 Å². The molecule has 0 aromatic carbocycles. The quantitative estimate of drug-likeness (QED) is 0.422. The molecule has 0 aromatic rings. The first kappa shape index (κ1) is 22.4. The van der Waals surface area contributed by atoms with E-state index in [4.69, 9.17) is 0 Å². The van der Waals surface area contributed by atoms with Crippen molar-refractivity contribution >= 4 is 23.1 Å². The van der Waals surface area contributed by atoms with Crippen molar-refractivity contribution in [2.45, 2.75) is 47.0 Å². The molecular weight excluding hydrogens is 132 g/mol. The van der Waals surface area contributed by atoms with E-state index in [1.807, 2.05) is 0 Å². The predicted molar refractivity (Wildman–Crippen MR) is 53.0 cm³/mol. The van der Waals surface area contributed by atoms with Crippen LogP contribution in [0, 0.1) is 13.8 Å². The Kier molecular flexibility index (Phi) is 74.1. The number of unbranched alkanes of at least 4 members (excludes halogenated alkanes) is 2. The van der Waals surface area contributed by atoms with Crippen LogP contribution in [0.3, 0.4) is 0 Å². The minimum absolute atomic E-state index is 0. The summed E-state index contributed by atoms with van der Waals surface area (Å²) in [5.41, 5.74) is 0. The smallest absolute Gasteiger partial charge is 0.343 e. The molecule has 0 aliphatic carbocycles. The van der Waals surface area contributed by atoms with Crippen LogP contribution in [0.5, 0.6) is 0 Å². The summed E-state index contributed by atoms with van der Waals surface area (Å²) >= 11 is 0. The molecule has 0 atom stereocenters. The molecule has 0 saturated heterocycles. The van der Waals surface area contributed by atoms with Crippen LogP contribution in [0.4, 0.5) is 0 Å². The third-order valence-electron chi connectivity index (χ3n) is 0.707. The van der Waals surface area contributed by atoms with Crippen LogP contribution >= 0.6 is 0 Å². The largest absolute Gasteiger partial charge is 2.00 e. The van der Waals surface area contributed by atoms with Gasteiger partial charge in [0.05, 0.1) is 0 Å². The average molecular weight is 155 g/mol. The van der Waals surface area contributed by atoms with Crippen LogP contribution in [-0.2, 0) is 0 Å². The van der Waals surface area contributed by atoms with Crippen LogP contribution < -0.4 is 0 Å². The Bertz CT molecular complexity index is 12.7. The van der Waals surface area contributed by atoms with Gasteiger partial charge in [0.25, 0.3) is 0 Å². The van der Waals surface area contributed by atoms with Crippen LogP contribution in [0.15, 0.2) is 0 Å². The molecule has 0 amide bonds. The van der Waals surface area contributed by atoms with Gasteiger partial charge < -0.3 is 13.8 Å². The minimum atomic E-state index is 0. The maximum absolute atomic E-state index is 3.60. The third-order valence-corrected chi connectivity index (χ3v) is 0.707. The summed E-state index contributed by atoms with van der Waals surface area (Å²) in [6, 6.07) is 0. The van der Waals surface area contributed by atoms with Gasteiger partial charge in [-0.1, -0.05) is 34.1 Å². The molecule has 0 N–H and O–H groups in total. The minimum Gasteiger partial charge on any atom is -0.343 e. The molecule has 0 heterocycles. The second kappa shape index (κ2) is 33.0. The van der Waals surface area contributed by atoms with E-state index < -0.39 is 0 Å². The second-order valence-electron chi connectivity index (χ2n) is 1.71. The summed E-state index contributed by atoms with van der Waals surface area (Å²) in [5, 5.41) is 0. The second-order valence-corrected chi connectivity index (χ2v) is 1.71. The van der Waals surface area contributed by atoms with E-state index in [1.165, 1.54) is 12.8 Å². The average Bonchev–Trinajstić information content (AvgIpc) is 1.88. The van der Waals surface area contributed by atoms with Gasteiger partial charge in [-0.3, -0.25) is 0 Å². The summed E-state index contributed by atoms with van der Waals surface area (Å²) in [6.07, 6.45) is 4.56. The molecule has 0 fully saturated rings. The molecule has 0 aromatic heterocycles. The Morgan fingerprint density at radius 1 is 0.900 bits per heavy atom. The van der Waals surface area contributed by atoms with E-state index in [0.717, 1.165) is 12.8 Å². The fraction of sp³-hybridized carbons (Fsp3) is 0.778. The van der Waals surface area contributed by atoms with Crippen molar-refractivity contribution in [1.29, 1.82) is 0 Å². The van der Waals surface area contributed by atoms with E-state index in [9.17, 15) is 0 Å². The normalized spacial score (nSPS) is 6.00. The molecule has 1 heteroatoms. The predicted octanol–water partition coefficient (Wildman–Crippen LogP) is 3.50. The first-order valence-corrected chi connectivity index (χ1v) is 3.41. The molecule has 0 radical (unpaired) electrons. The Morgan fingerprint density at radius 2 is 1.00 bits per heavy atom.